The van der Waals surface area contributed by atoms with Gasteiger partial charge in [-0.2, -0.15) is 12.6 Å². The van der Waals surface area contributed by atoms with Crippen LogP contribution in [0.1, 0.15) is 31.4 Å². The Morgan fingerprint density at radius 1 is 0.914 bits per heavy atom. The van der Waals surface area contributed by atoms with Gasteiger partial charge >= 0.3 is 5.97 Å². The summed E-state index contributed by atoms with van der Waals surface area (Å²) in [6.45, 7) is 0. The molecule has 35 heavy (non-hydrogen) atoms. The molecule has 1 aromatic heterocycles. The van der Waals surface area contributed by atoms with E-state index in [1.165, 1.54) is 12.5 Å². The number of carboxylic acids is 1. The second kappa shape index (κ2) is 14.6. The van der Waals surface area contributed by atoms with Gasteiger partial charge in [-0.25, -0.2) is 9.78 Å². The minimum absolute atomic E-state index is 0.0833. The predicted octanol–water partition coefficient (Wildman–Crippen LogP) is -3.72. The van der Waals surface area contributed by atoms with Crippen LogP contribution in [0.25, 0.3) is 0 Å². The Labute approximate surface area is 205 Å². The van der Waals surface area contributed by atoms with E-state index in [0.717, 1.165) is 0 Å². The molecule has 4 unspecified atom stereocenters. The molecule has 0 spiro atoms. The van der Waals surface area contributed by atoms with Gasteiger partial charge in [0.25, 0.3) is 0 Å². The van der Waals surface area contributed by atoms with E-state index in [9.17, 15) is 28.8 Å². The molecule has 0 radical (unpaired) electrons. The van der Waals surface area contributed by atoms with Gasteiger partial charge in [-0.15, -0.1) is 0 Å². The van der Waals surface area contributed by atoms with Crippen molar-refractivity contribution in [3.05, 3.63) is 18.2 Å². The molecule has 0 saturated heterocycles. The fraction of sp³-hybridized carbons (Fsp3) is 0.526. The molecule has 0 fully saturated rings. The number of hydrogen-bond donors (Lipinski definition) is 9. The van der Waals surface area contributed by atoms with Crippen molar-refractivity contribution in [1.29, 1.82) is 0 Å². The second-order valence-electron chi connectivity index (χ2n) is 7.60. The molecule has 0 aliphatic carbocycles. The zero-order chi connectivity index (χ0) is 26.5. The van der Waals surface area contributed by atoms with Crippen LogP contribution < -0.4 is 33.2 Å². The van der Waals surface area contributed by atoms with Crippen molar-refractivity contribution in [2.24, 2.45) is 17.2 Å². The van der Waals surface area contributed by atoms with Crippen molar-refractivity contribution in [1.82, 2.24) is 25.9 Å². The van der Waals surface area contributed by atoms with Gasteiger partial charge < -0.3 is 43.2 Å². The summed E-state index contributed by atoms with van der Waals surface area (Å²) in [6.07, 6.45) is 1.94. The number of thiol groups is 1. The SMILES string of the molecule is NC(=O)CCC(NC(=O)C(N)Cc1cnc[nH]1)C(=O)NC(CCC(N)=O)C(=O)NC(CS)C(=O)O. The number of hydrogen-bond acceptors (Lipinski definition) is 9. The number of rotatable bonds is 16. The average Bonchev–Trinajstić information content (AvgIpc) is 3.29. The number of carbonyl (C=O) groups excluding carboxylic acids is 5. The number of aromatic amines is 1. The summed E-state index contributed by atoms with van der Waals surface area (Å²) in [5.41, 5.74) is 16.7. The van der Waals surface area contributed by atoms with Crippen LogP contribution in [0.4, 0.5) is 0 Å². The molecular formula is C19H30N8O7S. The smallest absolute Gasteiger partial charge is 0.327 e. The van der Waals surface area contributed by atoms with Crippen LogP contribution >= 0.6 is 12.6 Å². The lowest BCUT2D eigenvalue weighted by atomic mass is 10.1. The normalized spacial score (nSPS) is 14.1. The van der Waals surface area contributed by atoms with Crippen molar-refractivity contribution in [3.63, 3.8) is 0 Å². The summed E-state index contributed by atoms with van der Waals surface area (Å²) in [5, 5.41) is 16.1. The number of primary amides is 2. The topological polar surface area (TPSA) is 265 Å². The number of nitrogens with zero attached hydrogens (tertiary/aromatic N) is 1. The molecule has 1 aromatic rings. The fourth-order valence-corrected chi connectivity index (χ4v) is 3.09. The highest BCUT2D eigenvalue weighted by molar-refractivity contribution is 7.80. The van der Waals surface area contributed by atoms with Crippen LogP contribution in [0, 0.1) is 0 Å². The molecule has 0 aliphatic heterocycles. The van der Waals surface area contributed by atoms with Crippen LogP contribution in [0.3, 0.4) is 0 Å². The van der Waals surface area contributed by atoms with Gasteiger partial charge in [0, 0.05) is 36.9 Å². The number of nitrogens with two attached hydrogens (primary N) is 3. The first-order valence-electron chi connectivity index (χ1n) is 10.5. The highest BCUT2D eigenvalue weighted by Gasteiger charge is 2.30. The minimum atomic E-state index is -1.37. The fourth-order valence-electron chi connectivity index (χ4n) is 2.85. The third-order valence-electron chi connectivity index (χ3n) is 4.75. The lowest BCUT2D eigenvalue weighted by molar-refractivity contribution is -0.141. The molecule has 0 aliphatic rings. The summed E-state index contributed by atoms with van der Waals surface area (Å²) in [7, 11) is 0. The number of carboxylic acid groups (broad SMARTS) is 1. The monoisotopic (exact) mass is 514 g/mol. The van der Waals surface area contributed by atoms with Crippen molar-refractivity contribution < 1.29 is 33.9 Å². The summed E-state index contributed by atoms with van der Waals surface area (Å²) < 4.78 is 0. The van der Waals surface area contributed by atoms with Crippen molar-refractivity contribution >= 4 is 48.1 Å². The number of imidazole rings is 1. The Bertz CT molecular complexity index is 911. The van der Waals surface area contributed by atoms with E-state index in [2.05, 4.69) is 38.5 Å². The number of carbonyl (C=O) groups is 6. The van der Waals surface area contributed by atoms with E-state index < -0.39 is 59.7 Å². The van der Waals surface area contributed by atoms with Crippen LogP contribution in [0.15, 0.2) is 12.5 Å². The molecule has 1 rings (SSSR count). The van der Waals surface area contributed by atoms with Gasteiger partial charge in [-0.1, -0.05) is 0 Å². The molecule has 5 amide bonds. The zero-order valence-electron chi connectivity index (χ0n) is 18.7. The van der Waals surface area contributed by atoms with Gasteiger partial charge in [0.2, 0.25) is 29.5 Å². The lowest BCUT2D eigenvalue weighted by Crippen LogP contribution is -2.57. The van der Waals surface area contributed by atoms with E-state index >= 15 is 0 Å². The summed E-state index contributed by atoms with van der Waals surface area (Å²) in [4.78, 5) is 78.3. The van der Waals surface area contributed by atoms with Crippen LogP contribution in [-0.2, 0) is 35.2 Å². The molecule has 1 heterocycles. The van der Waals surface area contributed by atoms with E-state index in [1.807, 2.05) is 0 Å². The first kappa shape index (κ1) is 29.4. The van der Waals surface area contributed by atoms with Gasteiger partial charge in [-0.05, 0) is 12.8 Å². The van der Waals surface area contributed by atoms with Gasteiger partial charge in [-0.3, -0.25) is 24.0 Å². The summed E-state index contributed by atoms with van der Waals surface area (Å²) in [5.74, 6) is -5.59. The minimum Gasteiger partial charge on any atom is -0.480 e. The molecule has 4 atom stereocenters. The quantitative estimate of drug-likeness (QED) is 0.0980. The Morgan fingerprint density at radius 2 is 1.40 bits per heavy atom. The maximum absolute atomic E-state index is 12.9. The Hall–Kier alpha value is -3.66. The molecule has 0 aromatic carbocycles. The molecule has 15 nitrogen and oxygen atoms in total. The maximum atomic E-state index is 12.9. The van der Waals surface area contributed by atoms with Crippen molar-refractivity contribution in [3.8, 4) is 0 Å². The first-order valence-corrected chi connectivity index (χ1v) is 11.1. The van der Waals surface area contributed by atoms with E-state index in [-0.39, 0.29) is 37.9 Å². The average molecular weight is 515 g/mol. The molecule has 0 saturated carbocycles. The van der Waals surface area contributed by atoms with E-state index in [4.69, 9.17) is 22.3 Å². The standard InChI is InChI=1S/C19H30N8O7S/c20-10(5-9-6-23-8-24-9)16(30)25-11(1-3-14(21)28)17(31)26-12(2-4-15(22)29)18(32)27-13(7-35)19(33)34/h6,8,10-13,35H,1-5,7,20H2,(H2,21,28)(H2,22,29)(H,23,24)(H,25,30)(H,26,31)(H,27,32)(H,33,34). The van der Waals surface area contributed by atoms with E-state index in [0.29, 0.717) is 5.69 Å². The van der Waals surface area contributed by atoms with Crippen LogP contribution in [0.2, 0.25) is 0 Å². The summed E-state index contributed by atoms with van der Waals surface area (Å²) in [6, 6.07) is -5.11. The second-order valence-corrected chi connectivity index (χ2v) is 7.97. The van der Waals surface area contributed by atoms with Gasteiger partial charge in [0.1, 0.15) is 18.1 Å². The molecule has 16 heteroatoms. The Balaban J connectivity index is 2.97. The number of aliphatic carboxylic acids is 1. The van der Waals surface area contributed by atoms with Crippen LogP contribution in [0.5, 0.6) is 0 Å². The van der Waals surface area contributed by atoms with Gasteiger partial charge in [0.05, 0.1) is 12.4 Å². The third-order valence-corrected chi connectivity index (χ3v) is 5.12. The Morgan fingerprint density at radius 3 is 1.80 bits per heavy atom. The lowest BCUT2D eigenvalue weighted by Gasteiger charge is -2.24. The number of H-pyrrole nitrogens is 1. The molecular weight excluding hydrogens is 484 g/mol. The van der Waals surface area contributed by atoms with Crippen molar-refractivity contribution in [2.75, 3.05) is 5.75 Å². The third kappa shape index (κ3) is 10.9. The molecule has 194 valence electrons. The first-order chi connectivity index (χ1) is 16.4. The molecule has 0 bridgehead atoms. The number of nitrogens with one attached hydrogen (secondary N) is 4. The zero-order valence-corrected chi connectivity index (χ0v) is 19.6. The molecule has 11 N–H and O–H groups in total. The summed E-state index contributed by atoms with van der Waals surface area (Å²) >= 11 is 3.85. The number of aromatic nitrogens is 2. The van der Waals surface area contributed by atoms with Gasteiger partial charge in [0.15, 0.2) is 0 Å². The maximum Gasteiger partial charge on any atom is 0.327 e. The number of amides is 5. The largest absolute Gasteiger partial charge is 0.480 e. The van der Waals surface area contributed by atoms with Crippen molar-refractivity contribution in [2.45, 2.75) is 56.3 Å². The Kier molecular flexibility index (Phi) is 12.2. The predicted molar refractivity (Wildman–Crippen MR) is 124 cm³/mol. The highest BCUT2D eigenvalue weighted by Crippen LogP contribution is 2.05. The highest BCUT2D eigenvalue weighted by atomic mass is 32.1. The van der Waals surface area contributed by atoms with Crippen LogP contribution in [-0.4, -0.2) is 80.5 Å². The van der Waals surface area contributed by atoms with E-state index in [1.54, 1.807) is 0 Å².